The zero-order valence-corrected chi connectivity index (χ0v) is 17.1. The first kappa shape index (κ1) is 18.7. The lowest BCUT2D eigenvalue weighted by atomic mass is 9.72. The van der Waals surface area contributed by atoms with Gasteiger partial charge in [0.15, 0.2) is 9.84 Å². The number of hydrogen-bond acceptors (Lipinski definition) is 6. The van der Waals surface area contributed by atoms with Crippen molar-refractivity contribution in [3.63, 3.8) is 0 Å². The molecule has 1 aromatic carbocycles. The van der Waals surface area contributed by atoms with Gasteiger partial charge < -0.3 is 19.9 Å². The molecule has 0 saturated carbocycles. The van der Waals surface area contributed by atoms with Gasteiger partial charge in [0.05, 0.1) is 18.0 Å². The zero-order chi connectivity index (χ0) is 20.4. The number of rotatable bonds is 3. The number of hydrogen-bond donors (Lipinski definition) is 1. The third kappa shape index (κ3) is 3.14. The van der Waals surface area contributed by atoms with Gasteiger partial charge in [-0.2, -0.15) is 0 Å². The van der Waals surface area contributed by atoms with Gasteiger partial charge in [0.1, 0.15) is 12.1 Å². The van der Waals surface area contributed by atoms with Crippen LogP contribution in [-0.2, 0) is 21.1 Å². The highest BCUT2D eigenvalue weighted by molar-refractivity contribution is 7.90. The summed E-state index contributed by atoms with van der Waals surface area (Å²) in [5, 5.41) is 2.79. The number of sulfone groups is 1. The second-order valence-corrected chi connectivity index (χ2v) is 11.0. The fraction of sp³-hybridized carbons (Fsp3) is 0.579. The lowest BCUT2D eigenvalue weighted by molar-refractivity contribution is -0.107. The van der Waals surface area contributed by atoms with Crippen LogP contribution in [0.5, 0.6) is 0 Å². The molecule has 4 aliphatic heterocycles. The number of nitrogens with zero attached hydrogens (tertiary/aromatic N) is 3. The van der Waals surface area contributed by atoms with E-state index in [0.29, 0.717) is 31.1 Å². The van der Waals surface area contributed by atoms with E-state index in [-0.39, 0.29) is 11.4 Å². The first-order chi connectivity index (χ1) is 13.7. The van der Waals surface area contributed by atoms with Crippen molar-refractivity contribution in [3.8, 4) is 0 Å². The fourth-order valence-electron chi connectivity index (χ4n) is 5.03. The molecule has 1 aromatic rings. The highest BCUT2D eigenvalue weighted by atomic mass is 32.2. The Morgan fingerprint density at radius 2 is 1.76 bits per heavy atom. The van der Waals surface area contributed by atoms with Crippen molar-refractivity contribution in [1.29, 1.82) is 0 Å². The molecule has 29 heavy (non-hydrogen) atoms. The summed E-state index contributed by atoms with van der Waals surface area (Å²) in [6.45, 7) is 5.10. The average molecular weight is 420 g/mol. The number of alkyl carbamates (subject to hydrolysis) is 1. The monoisotopic (exact) mass is 420 g/mol. The van der Waals surface area contributed by atoms with E-state index in [9.17, 15) is 18.0 Å². The first-order valence-electron chi connectivity index (χ1n) is 9.66. The first-order valence-corrected chi connectivity index (χ1v) is 11.6. The van der Waals surface area contributed by atoms with Gasteiger partial charge in [-0.1, -0.05) is 18.2 Å². The average Bonchev–Trinajstić information content (AvgIpc) is 2.95. The standard InChI is InChI=1S/C19H24N4O5S/c1-29(26,27)15-5-3-2-4-14(15)6-21-7-18(8-21)9-22(10-18)17(25)23-11-19(12-23)13-28-16(24)20-19/h2-5H,6-13H2,1H3,(H,20,24). The SMILES string of the molecule is CS(=O)(=O)c1ccccc1CN1CC2(C1)CN(C(=O)N1CC3(COC(=O)N3)C1)C2. The number of likely N-dealkylation sites (tertiary alicyclic amines) is 3. The molecular formula is C19H24N4O5S. The second-order valence-electron chi connectivity index (χ2n) is 9.00. The number of benzene rings is 1. The Labute approximate surface area is 169 Å². The predicted molar refractivity (Wildman–Crippen MR) is 103 cm³/mol. The van der Waals surface area contributed by atoms with Gasteiger partial charge in [-0.05, 0) is 11.6 Å². The van der Waals surface area contributed by atoms with E-state index in [1.807, 2.05) is 17.0 Å². The van der Waals surface area contributed by atoms with Crippen molar-refractivity contribution in [2.75, 3.05) is 52.1 Å². The molecular weight excluding hydrogens is 396 g/mol. The minimum absolute atomic E-state index is 0.0169. The number of urea groups is 1. The summed E-state index contributed by atoms with van der Waals surface area (Å²) in [5.74, 6) is 0. The van der Waals surface area contributed by atoms with Crippen LogP contribution in [0, 0.1) is 5.41 Å². The normalized spacial score (nSPS) is 24.5. The molecule has 0 unspecified atom stereocenters. The molecule has 0 aliphatic carbocycles. The van der Waals surface area contributed by atoms with E-state index in [1.165, 1.54) is 6.26 Å². The molecule has 9 nitrogen and oxygen atoms in total. The fourth-order valence-corrected chi connectivity index (χ4v) is 5.97. The predicted octanol–water partition coefficient (Wildman–Crippen LogP) is 0.122. The Bertz CT molecular complexity index is 974. The van der Waals surface area contributed by atoms with Gasteiger partial charge in [0.2, 0.25) is 0 Å². The van der Waals surface area contributed by atoms with Crippen molar-refractivity contribution in [2.45, 2.75) is 17.0 Å². The smallest absolute Gasteiger partial charge is 0.407 e. The Morgan fingerprint density at radius 3 is 2.38 bits per heavy atom. The number of amides is 3. The van der Waals surface area contributed by atoms with Crippen LogP contribution in [0.2, 0.25) is 0 Å². The Morgan fingerprint density at radius 1 is 1.10 bits per heavy atom. The lowest BCUT2D eigenvalue weighted by Gasteiger charge is -2.61. The van der Waals surface area contributed by atoms with E-state index in [1.54, 1.807) is 17.0 Å². The molecule has 10 heteroatoms. The molecule has 0 bridgehead atoms. The Balaban J connectivity index is 1.11. The number of nitrogens with one attached hydrogen (secondary N) is 1. The van der Waals surface area contributed by atoms with E-state index in [0.717, 1.165) is 31.7 Å². The number of cyclic esters (lactones) is 1. The van der Waals surface area contributed by atoms with Crippen LogP contribution >= 0.6 is 0 Å². The maximum Gasteiger partial charge on any atom is 0.407 e. The van der Waals surface area contributed by atoms with Crippen LogP contribution in [0.1, 0.15) is 5.56 Å². The molecule has 4 fully saturated rings. The molecule has 1 N–H and O–H groups in total. The molecule has 4 saturated heterocycles. The number of carbonyl (C=O) groups is 2. The second kappa shape index (κ2) is 6.09. The van der Waals surface area contributed by atoms with Gasteiger partial charge in [0.25, 0.3) is 0 Å². The molecule has 5 rings (SSSR count). The molecule has 2 spiro atoms. The maximum atomic E-state index is 12.6. The summed E-state index contributed by atoms with van der Waals surface area (Å²) in [4.78, 5) is 30.0. The van der Waals surface area contributed by atoms with Crippen LogP contribution < -0.4 is 5.32 Å². The van der Waals surface area contributed by atoms with E-state index in [4.69, 9.17) is 4.74 Å². The largest absolute Gasteiger partial charge is 0.447 e. The van der Waals surface area contributed by atoms with Crippen molar-refractivity contribution >= 4 is 22.0 Å². The zero-order valence-electron chi connectivity index (χ0n) is 16.3. The van der Waals surface area contributed by atoms with E-state index >= 15 is 0 Å². The Hall–Kier alpha value is -2.33. The van der Waals surface area contributed by atoms with E-state index in [2.05, 4.69) is 10.2 Å². The van der Waals surface area contributed by atoms with Crippen LogP contribution in [0.3, 0.4) is 0 Å². The quantitative estimate of drug-likeness (QED) is 0.746. The molecule has 3 amide bonds. The van der Waals surface area contributed by atoms with Crippen LogP contribution in [-0.4, -0.2) is 92.9 Å². The van der Waals surface area contributed by atoms with E-state index < -0.39 is 21.5 Å². The third-order valence-electron chi connectivity index (χ3n) is 6.31. The molecule has 4 aliphatic rings. The summed E-state index contributed by atoms with van der Waals surface area (Å²) < 4.78 is 28.9. The highest BCUT2D eigenvalue weighted by Gasteiger charge is 2.57. The van der Waals surface area contributed by atoms with Crippen LogP contribution in [0.15, 0.2) is 29.2 Å². The minimum Gasteiger partial charge on any atom is -0.447 e. The topological polar surface area (TPSA) is 99.3 Å². The summed E-state index contributed by atoms with van der Waals surface area (Å²) in [6.07, 6.45) is 0.828. The van der Waals surface area contributed by atoms with Gasteiger partial charge >= 0.3 is 12.1 Å². The van der Waals surface area contributed by atoms with Crippen LogP contribution in [0.4, 0.5) is 9.59 Å². The molecule has 156 valence electrons. The lowest BCUT2D eigenvalue weighted by Crippen LogP contribution is -2.77. The maximum absolute atomic E-state index is 12.6. The summed E-state index contributed by atoms with van der Waals surface area (Å²) in [5.41, 5.74) is 0.558. The van der Waals surface area contributed by atoms with Crippen molar-refractivity contribution < 1.29 is 22.7 Å². The third-order valence-corrected chi connectivity index (χ3v) is 7.51. The molecule has 0 aromatic heterocycles. The summed E-state index contributed by atoms with van der Waals surface area (Å²) in [7, 11) is -3.24. The number of ether oxygens (including phenoxy) is 1. The van der Waals surface area contributed by atoms with Crippen LogP contribution in [0.25, 0.3) is 0 Å². The van der Waals surface area contributed by atoms with Gasteiger partial charge in [-0.15, -0.1) is 0 Å². The van der Waals surface area contributed by atoms with Crippen molar-refractivity contribution in [3.05, 3.63) is 29.8 Å². The Kier molecular flexibility index (Phi) is 3.92. The molecule has 0 atom stereocenters. The highest BCUT2D eigenvalue weighted by Crippen LogP contribution is 2.41. The van der Waals surface area contributed by atoms with Gasteiger partial charge in [-0.3, -0.25) is 4.90 Å². The summed E-state index contributed by atoms with van der Waals surface area (Å²) in [6, 6.07) is 7.14. The van der Waals surface area contributed by atoms with Crippen molar-refractivity contribution in [2.24, 2.45) is 5.41 Å². The van der Waals surface area contributed by atoms with Crippen molar-refractivity contribution in [1.82, 2.24) is 20.0 Å². The van der Waals surface area contributed by atoms with Gasteiger partial charge in [-0.25, -0.2) is 18.0 Å². The molecule has 4 heterocycles. The molecule has 0 radical (unpaired) electrons. The summed E-state index contributed by atoms with van der Waals surface area (Å²) >= 11 is 0. The minimum atomic E-state index is -3.24. The number of carbonyl (C=O) groups excluding carboxylic acids is 2. The van der Waals surface area contributed by atoms with Gasteiger partial charge in [0, 0.05) is 44.4 Å².